The van der Waals surface area contributed by atoms with E-state index in [1.165, 1.54) is 12.1 Å². The van der Waals surface area contributed by atoms with Crippen molar-refractivity contribution in [2.75, 3.05) is 29.9 Å². The topological polar surface area (TPSA) is 86.8 Å². The van der Waals surface area contributed by atoms with Gasteiger partial charge in [-0.1, -0.05) is 32.0 Å². The maximum atomic E-state index is 12.9. The fourth-order valence-electron chi connectivity index (χ4n) is 4.66. The van der Waals surface area contributed by atoms with Crippen molar-refractivity contribution in [3.05, 3.63) is 54.1 Å². The molecule has 0 radical (unpaired) electrons. The molecule has 2 aromatic rings. The third kappa shape index (κ3) is 4.96. The van der Waals surface area contributed by atoms with Crippen LogP contribution >= 0.6 is 0 Å². The van der Waals surface area contributed by atoms with Crippen LogP contribution in [0.5, 0.6) is 0 Å². The van der Waals surface area contributed by atoms with Gasteiger partial charge in [-0.15, -0.1) is 0 Å². The number of anilines is 2. The Kier molecular flexibility index (Phi) is 6.86. The molecule has 2 fully saturated rings. The average Bonchev–Trinajstić information content (AvgIpc) is 3.21. The molecule has 2 heterocycles. The van der Waals surface area contributed by atoms with Gasteiger partial charge in [0.2, 0.25) is 21.8 Å². The Morgan fingerprint density at radius 3 is 2.52 bits per heavy atom. The molecule has 7 nitrogen and oxygen atoms in total. The van der Waals surface area contributed by atoms with Gasteiger partial charge in [-0.2, -0.15) is 4.31 Å². The number of piperidine rings is 1. The third-order valence-corrected chi connectivity index (χ3v) is 8.42. The summed E-state index contributed by atoms with van der Waals surface area (Å²) in [5.74, 6) is -0.403. The number of carbonyl (C=O) groups is 2. The minimum atomic E-state index is -3.54. The second kappa shape index (κ2) is 9.65. The van der Waals surface area contributed by atoms with Crippen LogP contribution in [0, 0.1) is 11.8 Å². The molecule has 0 bridgehead atoms. The minimum Gasteiger partial charge on any atom is -0.326 e. The molecular formula is C25H31N3O4S. The molecule has 0 aliphatic carbocycles. The zero-order valence-electron chi connectivity index (χ0n) is 19.2. The Morgan fingerprint density at radius 1 is 1.09 bits per heavy atom. The zero-order chi connectivity index (χ0) is 23.6. The molecule has 2 aromatic carbocycles. The molecule has 2 amide bonds. The highest BCUT2D eigenvalue weighted by atomic mass is 32.2. The summed E-state index contributed by atoms with van der Waals surface area (Å²) in [6.07, 6.45) is 2.88. The summed E-state index contributed by atoms with van der Waals surface area (Å²) < 4.78 is 27.4. The number of sulfonamides is 1. The predicted octanol–water partition coefficient (Wildman–Crippen LogP) is 3.66. The van der Waals surface area contributed by atoms with Crippen LogP contribution in [0.15, 0.2) is 53.4 Å². The average molecular weight is 470 g/mol. The second-order valence-electron chi connectivity index (χ2n) is 9.01. The lowest BCUT2D eigenvalue weighted by molar-refractivity contribution is -0.122. The molecule has 0 saturated carbocycles. The first-order valence-electron chi connectivity index (χ1n) is 11.6. The predicted molar refractivity (Wildman–Crippen MR) is 129 cm³/mol. The van der Waals surface area contributed by atoms with Crippen LogP contribution in [0.2, 0.25) is 0 Å². The Labute approximate surface area is 195 Å². The highest BCUT2D eigenvalue weighted by Crippen LogP contribution is 2.29. The van der Waals surface area contributed by atoms with E-state index in [0.717, 1.165) is 30.5 Å². The van der Waals surface area contributed by atoms with E-state index in [2.05, 4.69) is 12.2 Å². The first kappa shape index (κ1) is 23.4. The normalized spacial score (nSPS) is 21.9. The van der Waals surface area contributed by atoms with Crippen LogP contribution in [0.4, 0.5) is 11.4 Å². The van der Waals surface area contributed by atoms with Crippen LogP contribution < -0.4 is 10.2 Å². The van der Waals surface area contributed by atoms with Gasteiger partial charge in [0.15, 0.2) is 0 Å². The van der Waals surface area contributed by atoms with Gasteiger partial charge in [-0.05, 0) is 61.1 Å². The molecular weight excluding hydrogens is 438 g/mol. The highest BCUT2D eigenvalue weighted by molar-refractivity contribution is 7.89. The number of para-hydroxylation sites is 1. The van der Waals surface area contributed by atoms with Crippen molar-refractivity contribution in [3.8, 4) is 0 Å². The van der Waals surface area contributed by atoms with Gasteiger partial charge in [0.05, 0.1) is 10.8 Å². The molecule has 2 aliphatic rings. The number of carbonyl (C=O) groups excluding carboxylic acids is 2. The number of hydrogen-bond acceptors (Lipinski definition) is 4. The van der Waals surface area contributed by atoms with Crippen molar-refractivity contribution in [1.82, 2.24) is 4.31 Å². The van der Waals surface area contributed by atoms with E-state index < -0.39 is 15.9 Å². The maximum absolute atomic E-state index is 12.9. The largest absolute Gasteiger partial charge is 0.326 e. The lowest BCUT2D eigenvalue weighted by atomic mass is 10.0. The summed E-state index contributed by atoms with van der Waals surface area (Å²) in [5, 5.41) is 2.84. The summed E-state index contributed by atoms with van der Waals surface area (Å²) in [6.45, 7) is 5.52. The van der Waals surface area contributed by atoms with E-state index in [1.807, 2.05) is 31.2 Å². The molecule has 2 aliphatic heterocycles. The molecule has 176 valence electrons. The van der Waals surface area contributed by atoms with Crippen molar-refractivity contribution in [1.29, 1.82) is 0 Å². The summed E-state index contributed by atoms with van der Waals surface area (Å²) in [7, 11) is -3.54. The molecule has 2 atom stereocenters. The number of aryl methyl sites for hydroxylation is 1. The van der Waals surface area contributed by atoms with Gasteiger partial charge < -0.3 is 10.2 Å². The van der Waals surface area contributed by atoms with Crippen LogP contribution in [0.1, 0.15) is 38.7 Å². The zero-order valence-corrected chi connectivity index (χ0v) is 20.0. The number of nitrogens with zero attached hydrogens (tertiary/aromatic N) is 2. The van der Waals surface area contributed by atoms with Crippen LogP contribution in [0.25, 0.3) is 0 Å². The van der Waals surface area contributed by atoms with Gasteiger partial charge in [-0.25, -0.2) is 8.42 Å². The summed E-state index contributed by atoms with van der Waals surface area (Å²) in [5.41, 5.74) is 2.46. The number of hydrogen-bond donors (Lipinski definition) is 1. The Bertz CT molecular complexity index is 1130. The first-order valence-corrected chi connectivity index (χ1v) is 13.0. The molecule has 33 heavy (non-hydrogen) atoms. The number of benzene rings is 2. The smallest absolute Gasteiger partial charge is 0.243 e. The number of rotatable bonds is 6. The molecule has 2 unspecified atom stereocenters. The summed E-state index contributed by atoms with van der Waals surface area (Å²) in [6, 6.07) is 14.0. The summed E-state index contributed by atoms with van der Waals surface area (Å²) >= 11 is 0. The quantitative estimate of drug-likeness (QED) is 0.700. The van der Waals surface area contributed by atoms with Crippen LogP contribution in [-0.4, -0.2) is 44.2 Å². The van der Waals surface area contributed by atoms with Crippen molar-refractivity contribution in [2.45, 2.75) is 44.4 Å². The standard InChI is InChI=1S/C25H31N3O4S/c1-3-19-8-4-5-9-23(19)28-17-20(15-24(28)29)25(30)26-21-10-12-22(13-11-21)33(31,32)27-14-6-7-18(2)16-27/h4-5,8-13,18,20H,3,6-7,14-17H2,1-2H3,(H,26,30). The highest BCUT2D eigenvalue weighted by Gasteiger charge is 2.36. The van der Waals surface area contributed by atoms with E-state index in [1.54, 1.807) is 21.3 Å². The lowest BCUT2D eigenvalue weighted by Crippen LogP contribution is -2.39. The second-order valence-corrected chi connectivity index (χ2v) is 10.9. The molecule has 8 heteroatoms. The Balaban J connectivity index is 1.41. The van der Waals surface area contributed by atoms with E-state index in [4.69, 9.17) is 0 Å². The number of nitrogens with one attached hydrogen (secondary N) is 1. The number of amides is 2. The SMILES string of the molecule is CCc1ccccc1N1CC(C(=O)Nc2ccc(S(=O)(=O)N3CCCC(C)C3)cc2)CC1=O. The molecule has 4 rings (SSSR count). The van der Waals surface area contributed by atoms with E-state index in [9.17, 15) is 18.0 Å². The maximum Gasteiger partial charge on any atom is 0.243 e. The van der Waals surface area contributed by atoms with Gasteiger partial charge >= 0.3 is 0 Å². The van der Waals surface area contributed by atoms with Gasteiger partial charge in [0.25, 0.3) is 0 Å². The van der Waals surface area contributed by atoms with Gasteiger partial charge in [0, 0.05) is 37.4 Å². The molecule has 0 aromatic heterocycles. The van der Waals surface area contributed by atoms with E-state index >= 15 is 0 Å². The van der Waals surface area contributed by atoms with E-state index in [0.29, 0.717) is 31.2 Å². The monoisotopic (exact) mass is 469 g/mol. The fraction of sp³-hybridized carbons (Fsp3) is 0.440. The van der Waals surface area contributed by atoms with Gasteiger partial charge in [-0.3, -0.25) is 9.59 Å². The summed E-state index contributed by atoms with van der Waals surface area (Å²) in [4.78, 5) is 27.4. The molecule has 1 N–H and O–H groups in total. The Hall–Kier alpha value is -2.71. The molecule has 0 spiro atoms. The van der Waals surface area contributed by atoms with Crippen LogP contribution in [-0.2, 0) is 26.0 Å². The van der Waals surface area contributed by atoms with Crippen molar-refractivity contribution in [2.24, 2.45) is 11.8 Å². The van der Waals surface area contributed by atoms with Crippen molar-refractivity contribution in [3.63, 3.8) is 0 Å². The lowest BCUT2D eigenvalue weighted by Gasteiger charge is -2.30. The van der Waals surface area contributed by atoms with Crippen molar-refractivity contribution >= 4 is 33.2 Å². The van der Waals surface area contributed by atoms with Crippen molar-refractivity contribution < 1.29 is 18.0 Å². The molecule has 2 saturated heterocycles. The van der Waals surface area contributed by atoms with Gasteiger partial charge in [0.1, 0.15) is 0 Å². The Morgan fingerprint density at radius 2 is 1.82 bits per heavy atom. The van der Waals surface area contributed by atoms with Crippen LogP contribution in [0.3, 0.4) is 0 Å². The fourth-order valence-corrected chi connectivity index (χ4v) is 6.26. The third-order valence-electron chi connectivity index (χ3n) is 6.54. The first-order chi connectivity index (χ1) is 15.8. The minimum absolute atomic E-state index is 0.0618. The van der Waals surface area contributed by atoms with E-state index in [-0.39, 0.29) is 23.1 Å².